The molecule has 0 aliphatic rings. The summed E-state index contributed by atoms with van der Waals surface area (Å²) in [6.45, 7) is 0. The number of nitrogens with zero attached hydrogens (tertiary/aromatic N) is 3. The molecule has 0 aliphatic carbocycles. The lowest BCUT2D eigenvalue weighted by atomic mass is 9.95. The van der Waals surface area contributed by atoms with Gasteiger partial charge in [0, 0.05) is 27.5 Å². The van der Waals surface area contributed by atoms with Crippen LogP contribution in [-0.4, -0.2) is 15.0 Å². The van der Waals surface area contributed by atoms with E-state index in [9.17, 15) is 0 Å². The monoisotopic (exact) mass is 675 g/mol. The third kappa shape index (κ3) is 4.88. The van der Waals surface area contributed by atoms with Crippen molar-refractivity contribution in [2.24, 2.45) is 0 Å². The van der Waals surface area contributed by atoms with Crippen LogP contribution >= 0.6 is 0 Å². The summed E-state index contributed by atoms with van der Waals surface area (Å²) in [7, 11) is 0. The first-order valence-electron chi connectivity index (χ1n) is 17.8. The maximum atomic E-state index is 6.55. The van der Waals surface area contributed by atoms with Gasteiger partial charge < -0.3 is 4.42 Å². The molecule has 53 heavy (non-hydrogen) atoms. The van der Waals surface area contributed by atoms with Crippen LogP contribution in [0.3, 0.4) is 0 Å². The number of benzene rings is 9. The van der Waals surface area contributed by atoms with E-state index in [1.165, 1.54) is 26.9 Å². The fourth-order valence-corrected chi connectivity index (χ4v) is 7.89. The van der Waals surface area contributed by atoms with Crippen LogP contribution in [0.1, 0.15) is 0 Å². The molecule has 2 aromatic heterocycles. The molecule has 9 aromatic carbocycles. The second-order valence-corrected chi connectivity index (χ2v) is 13.6. The molecule has 0 aliphatic heterocycles. The summed E-state index contributed by atoms with van der Waals surface area (Å²) in [5, 5.41) is 11.4. The number of aromatic nitrogens is 3. The number of rotatable bonds is 4. The predicted octanol–water partition coefficient (Wildman–Crippen LogP) is 13.1. The van der Waals surface area contributed by atoms with E-state index in [1.54, 1.807) is 0 Å². The van der Waals surface area contributed by atoms with Crippen LogP contribution in [0.25, 0.3) is 110 Å². The van der Waals surface area contributed by atoms with Crippen molar-refractivity contribution in [3.05, 3.63) is 176 Å². The summed E-state index contributed by atoms with van der Waals surface area (Å²) in [5.41, 5.74) is 6.66. The fourth-order valence-electron chi connectivity index (χ4n) is 7.89. The highest BCUT2D eigenvalue weighted by atomic mass is 16.3. The molecule has 0 N–H and O–H groups in total. The van der Waals surface area contributed by atoms with E-state index < -0.39 is 0 Å². The first-order valence-corrected chi connectivity index (χ1v) is 17.8. The normalized spacial score (nSPS) is 11.8. The summed E-state index contributed by atoms with van der Waals surface area (Å²) < 4.78 is 6.55. The molecule has 0 bridgehead atoms. The summed E-state index contributed by atoms with van der Waals surface area (Å²) in [5.74, 6) is 1.83. The topological polar surface area (TPSA) is 51.8 Å². The molecule has 0 fully saturated rings. The largest absolute Gasteiger partial charge is 0.456 e. The van der Waals surface area contributed by atoms with E-state index in [2.05, 4.69) is 164 Å². The van der Waals surface area contributed by atoms with Crippen molar-refractivity contribution >= 4 is 65.0 Å². The minimum atomic E-state index is 0.596. The standard InChI is InChI=1S/C49H29N3O/c1-2-12-31(13-3-1)41-27-37(26-34-16-7-9-18-39(34)41)48-50-47(36-24-21-30-11-4-5-15-33(30)25-36)51-49(52-48)40-19-10-20-44-46(40)43-29-42-35(28-45(43)53-44)23-22-32-14-6-8-17-38(32)42/h1-29H. The van der Waals surface area contributed by atoms with Crippen LogP contribution in [-0.2, 0) is 0 Å². The molecule has 0 amide bonds. The Labute approximate surface area is 304 Å². The van der Waals surface area contributed by atoms with E-state index in [0.717, 1.165) is 65.9 Å². The number of fused-ring (bicyclic) bond motifs is 8. The van der Waals surface area contributed by atoms with Gasteiger partial charge in [-0.15, -0.1) is 0 Å². The van der Waals surface area contributed by atoms with E-state index in [1.807, 2.05) is 12.1 Å². The van der Waals surface area contributed by atoms with Crippen LogP contribution in [0.15, 0.2) is 180 Å². The maximum absolute atomic E-state index is 6.55. The number of hydrogen-bond acceptors (Lipinski definition) is 4. The molecule has 0 atom stereocenters. The Bertz CT molecular complexity index is 3240. The van der Waals surface area contributed by atoms with Crippen molar-refractivity contribution in [2.45, 2.75) is 0 Å². The zero-order valence-electron chi connectivity index (χ0n) is 28.5. The van der Waals surface area contributed by atoms with Crippen molar-refractivity contribution in [1.29, 1.82) is 0 Å². The Hall–Kier alpha value is -7.17. The minimum Gasteiger partial charge on any atom is -0.456 e. The molecule has 0 unspecified atom stereocenters. The molecular formula is C49H29N3O. The molecule has 0 radical (unpaired) electrons. The third-order valence-electron chi connectivity index (χ3n) is 10.4. The van der Waals surface area contributed by atoms with Crippen molar-refractivity contribution in [3.8, 4) is 45.3 Å². The highest BCUT2D eigenvalue weighted by Gasteiger charge is 2.20. The second-order valence-electron chi connectivity index (χ2n) is 13.6. The SMILES string of the molecule is c1ccc(-c2cc(-c3nc(-c4ccc5ccccc5c4)nc(-c4cccc5oc6cc7ccc8ccccc8c7cc6c45)n3)cc3ccccc23)cc1. The van der Waals surface area contributed by atoms with Gasteiger partial charge in [-0.25, -0.2) is 15.0 Å². The van der Waals surface area contributed by atoms with E-state index in [-0.39, 0.29) is 0 Å². The molecule has 4 heteroatoms. The average Bonchev–Trinajstić information content (AvgIpc) is 3.60. The molecule has 0 spiro atoms. The van der Waals surface area contributed by atoms with Gasteiger partial charge in [-0.1, -0.05) is 140 Å². The molecule has 11 rings (SSSR count). The van der Waals surface area contributed by atoms with E-state index in [0.29, 0.717) is 17.5 Å². The Balaban J connectivity index is 1.19. The first kappa shape index (κ1) is 29.5. The lowest BCUT2D eigenvalue weighted by Crippen LogP contribution is -2.01. The fraction of sp³-hybridized carbons (Fsp3) is 0. The predicted molar refractivity (Wildman–Crippen MR) is 219 cm³/mol. The Morgan fingerprint density at radius 2 is 0.943 bits per heavy atom. The Morgan fingerprint density at radius 3 is 1.81 bits per heavy atom. The molecule has 4 nitrogen and oxygen atoms in total. The zero-order valence-corrected chi connectivity index (χ0v) is 28.5. The van der Waals surface area contributed by atoms with E-state index in [4.69, 9.17) is 19.4 Å². The van der Waals surface area contributed by atoms with Crippen molar-refractivity contribution in [1.82, 2.24) is 15.0 Å². The molecule has 246 valence electrons. The van der Waals surface area contributed by atoms with Gasteiger partial charge in [0.1, 0.15) is 11.2 Å². The van der Waals surface area contributed by atoms with Gasteiger partial charge in [-0.05, 0) is 90.6 Å². The Kier molecular flexibility index (Phi) is 6.52. The smallest absolute Gasteiger partial charge is 0.164 e. The third-order valence-corrected chi connectivity index (χ3v) is 10.4. The minimum absolute atomic E-state index is 0.596. The summed E-state index contributed by atoms with van der Waals surface area (Å²) in [4.78, 5) is 15.7. The van der Waals surface area contributed by atoms with Gasteiger partial charge in [-0.3, -0.25) is 0 Å². The lowest BCUT2D eigenvalue weighted by Gasteiger charge is -2.13. The average molecular weight is 676 g/mol. The summed E-state index contributed by atoms with van der Waals surface area (Å²) in [6.07, 6.45) is 0. The zero-order chi connectivity index (χ0) is 34.9. The quantitative estimate of drug-likeness (QED) is 0.174. The highest BCUT2D eigenvalue weighted by Crippen LogP contribution is 2.40. The van der Waals surface area contributed by atoms with Gasteiger partial charge in [0.2, 0.25) is 0 Å². The maximum Gasteiger partial charge on any atom is 0.164 e. The van der Waals surface area contributed by atoms with Crippen molar-refractivity contribution < 1.29 is 4.42 Å². The van der Waals surface area contributed by atoms with Crippen LogP contribution in [0.4, 0.5) is 0 Å². The van der Waals surface area contributed by atoms with Gasteiger partial charge >= 0.3 is 0 Å². The number of hydrogen-bond donors (Lipinski definition) is 0. The van der Waals surface area contributed by atoms with Gasteiger partial charge in [0.05, 0.1) is 0 Å². The highest BCUT2D eigenvalue weighted by molar-refractivity contribution is 6.19. The van der Waals surface area contributed by atoms with Crippen LogP contribution in [0.2, 0.25) is 0 Å². The summed E-state index contributed by atoms with van der Waals surface area (Å²) in [6, 6.07) is 61.7. The van der Waals surface area contributed by atoms with Crippen LogP contribution < -0.4 is 0 Å². The lowest BCUT2D eigenvalue weighted by molar-refractivity contribution is 0.669. The van der Waals surface area contributed by atoms with Gasteiger partial charge in [0.15, 0.2) is 17.5 Å². The second kappa shape index (κ2) is 11.7. The van der Waals surface area contributed by atoms with Crippen LogP contribution in [0, 0.1) is 0 Å². The Morgan fingerprint density at radius 1 is 0.302 bits per heavy atom. The van der Waals surface area contributed by atoms with Gasteiger partial charge in [-0.2, -0.15) is 0 Å². The number of furan rings is 1. The summed E-state index contributed by atoms with van der Waals surface area (Å²) >= 11 is 0. The van der Waals surface area contributed by atoms with E-state index >= 15 is 0 Å². The molecule has 0 saturated carbocycles. The molecule has 2 heterocycles. The molecule has 11 aromatic rings. The molecular weight excluding hydrogens is 647 g/mol. The first-order chi connectivity index (χ1) is 26.2. The van der Waals surface area contributed by atoms with Crippen LogP contribution in [0.5, 0.6) is 0 Å². The van der Waals surface area contributed by atoms with Crippen molar-refractivity contribution in [3.63, 3.8) is 0 Å². The van der Waals surface area contributed by atoms with Gasteiger partial charge in [0.25, 0.3) is 0 Å². The van der Waals surface area contributed by atoms with Crippen molar-refractivity contribution in [2.75, 3.05) is 0 Å². The molecule has 0 saturated heterocycles.